The second-order valence-electron chi connectivity index (χ2n) is 6.35. The van der Waals surface area contributed by atoms with E-state index in [1.165, 1.54) is 0 Å². The number of hydrogen-bond donors (Lipinski definition) is 2. The summed E-state index contributed by atoms with van der Waals surface area (Å²) in [7, 11) is 0. The topological polar surface area (TPSA) is 79.5 Å². The number of aliphatic carboxylic acids is 1. The lowest BCUT2D eigenvalue weighted by atomic mass is 9.81. The van der Waals surface area contributed by atoms with Gasteiger partial charge in [0, 0.05) is 5.39 Å². The van der Waals surface area contributed by atoms with Crippen molar-refractivity contribution in [3.8, 4) is 0 Å². The highest BCUT2D eigenvalue weighted by atomic mass is 16.4. The van der Waals surface area contributed by atoms with Crippen LogP contribution in [0.4, 0.5) is 0 Å². The Kier molecular flexibility index (Phi) is 4.11. The van der Waals surface area contributed by atoms with Crippen molar-refractivity contribution in [1.29, 1.82) is 0 Å². The number of fused-ring (bicyclic) bond motifs is 1. The largest absolute Gasteiger partial charge is 0.480 e. The Morgan fingerprint density at radius 3 is 2.57 bits per heavy atom. The van der Waals surface area contributed by atoms with E-state index in [2.05, 4.69) is 5.32 Å². The first kappa shape index (κ1) is 15.6. The molecule has 1 aliphatic rings. The molecular formula is C18H21NO4. The molecule has 0 aliphatic heterocycles. The maximum absolute atomic E-state index is 12.6. The van der Waals surface area contributed by atoms with Crippen LogP contribution in [-0.2, 0) is 9.59 Å². The van der Waals surface area contributed by atoms with Crippen molar-refractivity contribution in [2.75, 3.05) is 0 Å². The molecule has 3 rings (SSSR count). The minimum Gasteiger partial charge on any atom is -0.480 e. The van der Waals surface area contributed by atoms with Crippen LogP contribution >= 0.6 is 0 Å². The molecule has 1 heterocycles. The molecule has 1 atom stereocenters. The van der Waals surface area contributed by atoms with E-state index in [-0.39, 0.29) is 5.91 Å². The van der Waals surface area contributed by atoms with Crippen molar-refractivity contribution in [2.24, 2.45) is 0 Å². The summed E-state index contributed by atoms with van der Waals surface area (Å²) in [6.07, 6.45) is 3.64. The van der Waals surface area contributed by atoms with E-state index in [1.54, 1.807) is 6.92 Å². The number of hydrogen-bond acceptors (Lipinski definition) is 3. The maximum atomic E-state index is 12.6. The van der Waals surface area contributed by atoms with Crippen molar-refractivity contribution >= 4 is 22.8 Å². The van der Waals surface area contributed by atoms with Crippen LogP contribution in [0.25, 0.3) is 11.0 Å². The average Bonchev–Trinajstić information content (AvgIpc) is 2.98. The Bertz CT molecular complexity index is 694. The van der Waals surface area contributed by atoms with Gasteiger partial charge in [-0.1, -0.05) is 37.5 Å². The van der Waals surface area contributed by atoms with Crippen LogP contribution in [0.1, 0.15) is 50.7 Å². The van der Waals surface area contributed by atoms with Crippen LogP contribution in [0.15, 0.2) is 34.7 Å². The molecule has 0 spiro atoms. The van der Waals surface area contributed by atoms with Gasteiger partial charge < -0.3 is 14.8 Å². The van der Waals surface area contributed by atoms with E-state index in [9.17, 15) is 14.7 Å². The molecule has 23 heavy (non-hydrogen) atoms. The Morgan fingerprint density at radius 1 is 1.22 bits per heavy atom. The highest BCUT2D eigenvalue weighted by Gasteiger charge is 2.42. The lowest BCUT2D eigenvalue weighted by Gasteiger charge is -2.34. The van der Waals surface area contributed by atoms with Crippen LogP contribution < -0.4 is 5.32 Å². The van der Waals surface area contributed by atoms with Gasteiger partial charge in [0.2, 0.25) is 5.91 Å². The number of carbonyl (C=O) groups is 2. The summed E-state index contributed by atoms with van der Waals surface area (Å²) in [4.78, 5) is 24.2. The first-order valence-corrected chi connectivity index (χ1v) is 8.06. The number of carboxylic acids is 1. The van der Waals surface area contributed by atoms with Crippen LogP contribution in [0, 0.1) is 0 Å². The van der Waals surface area contributed by atoms with E-state index >= 15 is 0 Å². The predicted octanol–water partition coefficient (Wildman–Crippen LogP) is 3.44. The Balaban J connectivity index is 1.79. The maximum Gasteiger partial charge on any atom is 0.329 e. The number of rotatable bonds is 4. The molecule has 0 radical (unpaired) electrons. The number of para-hydroxylation sites is 1. The number of carbonyl (C=O) groups excluding carboxylic acids is 1. The van der Waals surface area contributed by atoms with Crippen LogP contribution in [0.5, 0.6) is 0 Å². The second-order valence-corrected chi connectivity index (χ2v) is 6.35. The summed E-state index contributed by atoms with van der Waals surface area (Å²) in [5.41, 5.74) is -0.400. The molecule has 5 heteroatoms. The summed E-state index contributed by atoms with van der Waals surface area (Å²) in [5, 5.41) is 13.3. The standard InChI is InChI=1S/C18H21NO4/c1-12(15-11-13-7-3-4-8-14(13)23-15)16(20)19-18(17(21)22)9-5-2-6-10-18/h3-4,7-8,11-12H,2,5-6,9-10H2,1H3,(H,19,20)(H,21,22). The Hall–Kier alpha value is -2.30. The summed E-state index contributed by atoms with van der Waals surface area (Å²) >= 11 is 0. The lowest BCUT2D eigenvalue weighted by Crippen LogP contribution is -2.56. The molecule has 1 unspecified atom stereocenters. The zero-order valence-electron chi connectivity index (χ0n) is 13.2. The summed E-state index contributed by atoms with van der Waals surface area (Å²) in [6.45, 7) is 1.74. The summed E-state index contributed by atoms with van der Waals surface area (Å²) in [5.74, 6) is -1.21. The van der Waals surface area contributed by atoms with Crippen molar-refractivity contribution in [3.05, 3.63) is 36.1 Å². The highest BCUT2D eigenvalue weighted by molar-refractivity contribution is 5.91. The molecule has 122 valence electrons. The van der Waals surface area contributed by atoms with E-state index in [1.807, 2.05) is 30.3 Å². The first-order chi connectivity index (χ1) is 11.0. The minimum absolute atomic E-state index is 0.298. The molecule has 2 aromatic rings. The van der Waals surface area contributed by atoms with Crippen molar-refractivity contribution < 1.29 is 19.1 Å². The van der Waals surface area contributed by atoms with Gasteiger partial charge in [0.05, 0.1) is 5.92 Å². The number of carboxylic acid groups (broad SMARTS) is 1. The molecule has 1 saturated carbocycles. The van der Waals surface area contributed by atoms with Crippen LogP contribution in [0.3, 0.4) is 0 Å². The molecular weight excluding hydrogens is 294 g/mol. The average molecular weight is 315 g/mol. The Morgan fingerprint density at radius 2 is 1.91 bits per heavy atom. The molecule has 1 aromatic carbocycles. The fraction of sp³-hybridized carbons (Fsp3) is 0.444. The van der Waals surface area contributed by atoms with E-state index in [4.69, 9.17) is 4.42 Å². The van der Waals surface area contributed by atoms with Crippen molar-refractivity contribution in [1.82, 2.24) is 5.32 Å². The third-order valence-electron chi connectivity index (χ3n) is 4.74. The quantitative estimate of drug-likeness (QED) is 0.905. The van der Waals surface area contributed by atoms with Crippen LogP contribution in [-0.4, -0.2) is 22.5 Å². The molecule has 1 aromatic heterocycles. The number of nitrogens with one attached hydrogen (secondary N) is 1. The lowest BCUT2D eigenvalue weighted by molar-refractivity contribution is -0.149. The highest BCUT2D eigenvalue weighted by Crippen LogP contribution is 2.30. The van der Waals surface area contributed by atoms with E-state index in [0.29, 0.717) is 18.6 Å². The van der Waals surface area contributed by atoms with Gasteiger partial charge in [-0.3, -0.25) is 4.79 Å². The molecule has 1 aliphatic carbocycles. The van der Waals surface area contributed by atoms with Gasteiger partial charge in [0.25, 0.3) is 0 Å². The second kappa shape index (κ2) is 6.07. The zero-order chi connectivity index (χ0) is 16.4. The minimum atomic E-state index is -1.13. The van der Waals surface area contributed by atoms with Gasteiger partial charge in [0.15, 0.2) is 0 Å². The fourth-order valence-corrected chi connectivity index (χ4v) is 3.24. The summed E-state index contributed by atoms with van der Waals surface area (Å²) < 4.78 is 5.73. The number of benzene rings is 1. The SMILES string of the molecule is CC(C(=O)NC1(C(=O)O)CCCCC1)c1cc2ccccc2o1. The first-order valence-electron chi connectivity index (χ1n) is 8.06. The number of furan rings is 1. The van der Waals surface area contributed by atoms with Crippen molar-refractivity contribution in [2.45, 2.75) is 50.5 Å². The normalized spacial score (nSPS) is 18.5. The smallest absolute Gasteiger partial charge is 0.329 e. The van der Waals surface area contributed by atoms with Crippen LogP contribution in [0.2, 0.25) is 0 Å². The third-order valence-corrected chi connectivity index (χ3v) is 4.74. The zero-order valence-corrected chi connectivity index (χ0v) is 13.2. The van der Waals surface area contributed by atoms with E-state index in [0.717, 1.165) is 30.2 Å². The third kappa shape index (κ3) is 2.96. The van der Waals surface area contributed by atoms with Gasteiger partial charge in [-0.2, -0.15) is 0 Å². The molecule has 1 fully saturated rings. The van der Waals surface area contributed by atoms with Gasteiger partial charge in [0.1, 0.15) is 16.9 Å². The molecule has 2 N–H and O–H groups in total. The molecule has 1 amide bonds. The predicted molar refractivity (Wildman–Crippen MR) is 86.2 cm³/mol. The van der Waals surface area contributed by atoms with Gasteiger partial charge >= 0.3 is 5.97 Å². The molecule has 5 nitrogen and oxygen atoms in total. The van der Waals surface area contributed by atoms with Gasteiger partial charge in [-0.25, -0.2) is 4.79 Å². The van der Waals surface area contributed by atoms with Gasteiger partial charge in [-0.05, 0) is 31.9 Å². The molecule has 0 bridgehead atoms. The van der Waals surface area contributed by atoms with E-state index < -0.39 is 17.4 Å². The number of amides is 1. The summed E-state index contributed by atoms with van der Waals surface area (Å²) in [6, 6.07) is 9.40. The van der Waals surface area contributed by atoms with Crippen molar-refractivity contribution in [3.63, 3.8) is 0 Å². The Labute approximate surface area is 134 Å². The van der Waals surface area contributed by atoms with Gasteiger partial charge in [-0.15, -0.1) is 0 Å². The fourth-order valence-electron chi connectivity index (χ4n) is 3.24. The molecule has 0 saturated heterocycles. The monoisotopic (exact) mass is 315 g/mol.